The van der Waals surface area contributed by atoms with Gasteiger partial charge in [-0.05, 0) is 17.7 Å². The van der Waals surface area contributed by atoms with Crippen molar-refractivity contribution in [2.24, 2.45) is 0 Å². The molecule has 0 saturated carbocycles. The van der Waals surface area contributed by atoms with Crippen LogP contribution < -0.4 is 4.90 Å². The summed E-state index contributed by atoms with van der Waals surface area (Å²) in [7, 11) is 5.41. The lowest BCUT2D eigenvalue weighted by molar-refractivity contribution is -0.360. The highest BCUT2D eigenvalue weighted by Crippen LogP contribution is 2.43. The lowest BCUT2D eigenvalue weighted by Gasteiger charge is -2.52. The average molecular weight is 382 g/mol. The SMILES string of the molecule is CN(C)c1ccc([C@@H]2C[C@]3(OC(=O)N2C)O[C@H](CO)[C@@H](O)[C@H](O)[C@H]3O)cc1. The van der Waals surface area contributed by atoms with Crippen LogP contribution in [0.3, 0.4) is 0 Å². The van der Waals surface area contributed by atoms with Gasteiger partial charge in [0.25, 0.3) is 0 Å². The number of rotatable bonds is 3. The Hall–Kier alpha value is -1.91. The Morgan fingerprint density at radius 1 is 1.19 bits per heavy atom. The molecule has 2 aliphatic rings. The van der Waals surface area contributed by atoms with Crippen molar-refractivity contribution in [3.8, 4) is 0 Å². The van der Waals surface area contributed by atoms with E-state index in [9.17, 15) is 25.2 Å². The second-order valence-electron chi connectivity index (χ2n) is 7.26. The van der Waals surface area contributed by atoms with Crippen molar-refractivity contribution >= 4 is 11.8 Å². The van der Waals surface area contributed by atoms with E-state index in [4.69, 9.17) is 9.47 Å². The van der Waals surface area contributed by atoms with Crippen molar-refractivity contribution < 1.29 is 34.7 Å². The molecule has 0 aliphatic carbocycles. The zero-order valence-electron chi connectivity index (χ0n) is 15.5. The second-order valence-corrected chi connectivity index (χ2v) is 7.26. The van der Waals surface area contributed by atoms with E-state index in [1.165, 1.54) is 4.90 Å². The molecule has 9 heteroatoms. The summed E-state index contributed by atoms with van der Waals surface area (Å²) >= 11 is 0. The quantitative estimate of drug-likeness (QED) is 0.549. The topological polar surface area (TPSA) is 123 Å². The van der Waals surface area contributed by atoms with Crippen molar-refractivity contribution in [3.63, 3.8) is 0 Å². The van der Waals surface area contributed by atoms with Gasteiger partial charge < -0.3 is 39.7 Å². The first-order valence-corrected chi connectivity index (χ1v) is 8.76. The number of carbonyl (C=O) groups is 1. The number of aliphatic hydroxyl groups is 4. The number of aliphatic hydroxyl groups excluding tert-OH is 4. The lowest BCUT2D eigenvalue weighted by atomic mass is 9.85. The number of hydrogen-bond donors (Lipinski definition) is 4. The zero-order valence-corrected chi connectivity index (χ0v) is 15.5. The average Bonchev–Trinajstić information content (AvgIpc) is 2.66. The number of benzene rings is 1. The van der Waals surface area contributed by atoms with E-state index in [1.807, 2.05) is 43.3 Å². The van der Waals surface area contributed by atoms with Crippen LogP contribution in [0.25, 0.3) is 0 Å². The Balaban J connectivity index is 1.93. The minimum Gasteiger partial charge on any atom is -0.414 e. The van der Waals surface area contributed by atoms with Gasteiger partial charge in [0.1, 0.15) is 24.4 Å². The van der Waals surface area contributed by atoms with Gasteiger partial charge in [0.05, 0.1) is 12.6 Å². The van der Waals surface area contributed by atoms with Gasteiger partial charge in [0.15, 0.2) is 0 Å². The smallest absolute Gasteiger partial charge is 0.412 e. The van der Waals surface area contributed by atoms with Crippen LogP contribution in [0.4, 0.5) is 10.5 Å². The number of ether oxygens (including phenoxy) is 2. The molecule has 9 nitrogen and oxygen atoms in total. The first-order chi connectivity index (χ1) is 12.7. The van der Waals surface area contributed by atoms with Crippen LogP contribution in [0.15, 0.2) is 24.3 Å². The molecule has 0 bridgehead atoms. The Bertz CT molecular complexity index is 681. The predicted octanol–water partition coefficient (Wildman–Crippen LogP) is -0.564. The molecule has 2 saturated heterocycles. The molecule has 2 fully saturated rings. The van der Waals surface area contributed by atoms with Gasteiger partial charge in [-0.2, -0.15) is 0 Å². The molecular formula is C18H26N2O7. The summed E-state index contributed by atoms with van der Waals surface area (Å²) in [6.07, 6.45) is -6.66. The molecule has 0 aromatic heterocycles. The summed E-state index contributed by atoms with van der Waals surface area (Å²) in [6, 6.07) is 7.06. The number of amides is 1. The van der Waals surface area contributed by atoms with Gasteiger partial charge in [-0.25, -0.2) is 4.79 Å². The fourth-order valence-electron chi connectivity index (χ4n) is 3.59. The summed E-state index contributed by atoms with van der Waals surface area (Å²) in [5.41, 5.74) is 1.79. The molecular weight excluding hydrogens is 356 g/mol. The maximum absolute atomic E-state index is 12.5. The molecule has 0 unspecified atom stereocenters. The van der Waals surface area contributed by atoms with Crippen molar-refractivity contribution in [2.45, 2.75) is 42.7 Å². The largest absolute Gasteiger partial charge is 0.414 e. The third-order valence-electron chi connectivity index (χ3n) is 5.32. The molecule has 1 aromatic carbocycles. The second kappa shape index (κ2) is 7.25. The fraction of sp³-hybridized carbons (Fsp3) is 0.611. The van der Waals surface area contributed by atoms with Crippen LogP contribution in [0, 0.1) is 0 Å². The van der Waals surface area contributed by atoms with Crippen LogP contribution in [0.1, 0.15) is 18.0 Å². The van der Waals surface area contributed by atoms with Gasteiger partial charge in [-0.15, -0.1) is 0 Å². The van der Waals surface area contributed by atoms with E-state index in [1.54, 1.807) is 7.05 Å². The van der Waals surface area contributed by atoms with Crippen LogP contribution in [-0.2, 0) is 9.47 Å². The highest BCUT2D eigenvalue weighted by molar-refractivity contribution is 5.69. The van der Waals surface area contributed by atoms with Gasteiger partial charge in [-0.1, -0.05) is 12.1 Å². The van der Waals surface area contributed by atoms with Crippen molar-refractivity contribution in [1.29, 1.82) is 0 Å². The zero-order chi connectivity index (χ0) is 19.9. The number of hydrogen-bond acceptors (Lipinski definition) is 8. The van der Waals surface area contributed by atoms with E-state index < -0.39 is 48.9 Å². The standard InChI is InChI=1S/C18H26N2O7/c1-19(2)11-6-4-10(5-7-11)12-8-18(27-17(25)20(12)3)16(24)15(23)14(22)13(9-21)26-18/h4-7,12-16,21-24H,8-9H2,1-3H3/t12-,13+,14+,15-,16+,18+/m0/s1. The van der Waals surface area contributed by atoms with E-state index in [0.717, 1.165) is 11.3 Å². The first kappa shape index (κ1) is 19.8. The van der Waals surface area contributed by atoms with Crippen LogP contribution in [0.2, 0.25) is 0 Å². The van der Waals surface area contributed by atoms with Gasteiger partial charge in [0, 0.05) is 33.3 Å². The molecule has 1 spiro atoms. The third kappa shape index (κ3) is 3.37. The lowest BCUT2D eigenvalue weighted by Crippen LogP contribution is -2.69. The molecule has 6 atom stereocenters. The van der Waals surface area contributed by atoms with E-state index >= 15 is 0 Å². The molecule has 0 radical (unpaired) electrons. The summed E-state index contributed by atoms with van der Waals surface area (Å²) in [5.74, 6) is -1.86. The number of anilines is 1. The molecule has 4 N–H and O–H groups in total. The Morgan fingerprint density at radius 3 is 2.37 bits per heavy atom. The van der Waals surface area contributed by atoms with Crippen LogP contribution in [0.5, 0.6) is 0 Å². The number of carbonyl (C=O) groups excluding carboxylic acids is 1. The molecule has 27 heavy (non-hydrogen) atoms. The van der Waals surface area contributed by atoms with Crippen molar-refractivity contribution in [3.05, 3.63) is 29.8 Å². The summed E-state index contributed by atoms with van der Waals surface area (Å²) < 4.78 is 10.9. The highest BCUT2D eigenvalue weighted by atomic mass is 16.7. The van der Waals surface area contributed by atoms with Crippen LogP contribution >= 0.6 is 0 Å². The molecule has 1 amide bonds. The van der Waals surface area contributed by atoms with Gasteiger partial charge in [-0.3, -0.25) is 0 Å². The van der Waals surface area contributed by atoms with Crippen molar-refractivity contribution in [1.82, 2.24) is 4.90 Å². The Kier molecular flexibility index (Phi) is 5.33. The molecule has 2 heterocycles. The van der Waals surface area contributed by atoms with E-state index in [-0.39, 0.29) is 6.42 Å². The minimum absolute atomic E-state index is 0.0258. The predicted molar refractivity (Wildman–Crippen MR) is 95.1 cm³/mol. The Labute approximate surface area is 157 Å². The molecule has 1 aromatic rings. The fourth-order valence-corrected chi connectivity index (χ4v) is 3.59. The van der Waals surface area contributed by atoms with Crippen LogP contribution in [-0.4, -0.2) is 89.4 Å². The first-order valence-electron chi connectivity index (χ1n) is 8.76. The normalized spacial score (nSPS) is 36.6. The summed E-state index contributed by atoms with van der Waals surface area (Å²) in [5, 5.41) is 40.1. The molecule has 150 valence electrons. The molecule has 2 aliphatic heterocycles. The highest BCUT2D eigenvalue weighted by Gasteiger charge is 2.59. The molecule has 3 rings (SSSR count). The summed E-state index contributed by atoms with van der Waals surface area (Å²) in [4.78, 5) is 15.8. The minimum atomic E-state index is -1.86. The van der Waals surface area contributed by atoms with E-state index in [2.05, 4.69) is 0 Å². The van der Waals surface area contributed by atoms with E-state index in [0.29, 0.717) is 0 Å². The maximum atomic E-state index is 12.5. The van der Waals surface area contributed by atoms with Gasteiger partial charge in [0.2, 0.25) is 5.79 Å². The van der Waals surface area contributed by atoms with Gasteiger partial charge >= 0.3 is 6.09 Å². The monoisotopic (exact) mass is 382 g/mol. The van der Waals surface area contributed by atoms with Crippen molar-refractivity contribution in [2.75, 3.05) is 32.6 Å². The summed E-state index contributed by atoms with van der Waals surface area (Å²) in [6.45, 7) is -0.595. The number of nitrogens with zero attached hydrogens (tertiary/aromatic N) is 2. The Morgan fingerprint density at radius 2 is 1.81 bits per heavy atom. The third-order valence-corrected chi connectivity index (χ3v) is 5.32. The maximum Gasteiger partial charge on any atom is 0.412 e.